The zero-order valence-electron chi connectivity index (χ0n) is 15.6. The molecule has 3 nitrogen and oxygen atoms in total. The first-order valence-corrected chi connectivity index (χ1v) is 9.67. The molecule has 1 N–H and O–H groups in total. The SMILES string of the molecule is CC1C(c2cccc(C3CCCC3)c2)=CC(F)=C(OCCCC(=O)O)C1F. The Bertz CT molecular complexity index is 748. The van der Waals surface area contributed by atoms with Crippen LogP contribution in [0.1, 0.15) is 62.5 Å². The lowest BCUT2D eigenvalue weighted by Gasteiger charge is -2.27. The van der Waals surface area contributed by atoms with Crippen molar-refractivity contribution in [2.45, 2.75) is 57.5 Å². The fourth-order valence-corrected chi connectivity index (χ4v) is 3.99. The van der Waals surface area contributed by atoms with Crippen LogP contribution < -0.4 is 0 Å². The van der Waals surface area contributed by atoms with E-state index >= 15 is 0 Å². The van der Waals surface area contributed by atoms with E-state index < -0.39 is 23.9 Å². The monoisotopic (exact) mass is 376 g/mol. The average molecular weight is 376 g/mol. The van der Waals surface area contributed by atoms with Crippen LogP contribution in [0.4, 0.5) is 8.78 Å². The molecule has 3 rings (SSSR count). The van der Waals surface area contributed by atoms with Gasteiger partial charge in [-0.25, -0.2) is 8.78 Å². The highest BCUT2D eigenvalue weighted by atomic mass is 19.1. The number of hydrogen-bond acceptors (Lipinski definition) is 2. The van der Waals surface area contributed by atoms with Gasteiger partial charge in [-0.1, -0.05) is 44.0 Å². The third kappa shape index (κ3) is 4.57. The van der Waals surface area contributed by atoms with Crippen LogP contribution in [-0.4, -0.2) is 23.9 Å². The van der Waals surface area contributed by atoms with Crippen molar-refractivity contribution in [1.29, 1.82) is 0 Å². The molecule has 1 aromatic carbocycles. The van der Waals surface area contributed by atoms with Gasteiger partial charge in [0.15, 0.2) is 17.8 Å². The summed E-state index contributed by atoms with van der Waals surface area (Å²) >= 11 is 0. The average Bonchev–Trinajstić information content (AvgIpc) is 3.18. The molecule has 0 saturated heterocycles. The van der Waals surface area contributed by atoms with E-state index in [-0.39, 0.29) is 25.2 Å². The fraction of sp³-hybridized carbons (Fsp3) is 0.500. The Labute approximate surface area is 158 Å². The van der Waals surface area contributed by atoms with E-state index in [2.05, 4.69) is 12.1 Å². The molecule has 0 spiro atoms. The standard InChI is InChI=1S/C22H26F2O3/c1-14-18(17-9-4-8-16(12-17)15-6-2-3-7-15)13-19(23)22(21(14)24)27-11-5-10-20(25)26/h4,8-9,12-15,21H,2-3,5-7,10-11H2,1H3,(H,25,26). The first-order chi connectivity index (χ1) is 13.0. The van der Waals surface area contributed by atoms with Crippen LogP contribution >= 0.6 is 0 Å². The van der Waals surface area contributed by atoms with Gasteiger partial charge in [0.25, 0.3) is 0 Å². The van der Waals surface area contributed by atoms with Crippen LogP contribution in [-0.2, 0) is 9.53 Å². The molecule has 0 heterocycles. The van der Waals surface area contributed by atoms with Gasteiger partial charge in [0, 0.05) is 12.3 Å². The van der Waals surface area contributed by atoms with Crippen molar-refractivity contribution in [1.82, 2.24) is 0 Å². The van der Waals surface area contributed by atoms with Gasteiger partial charge in [-0.15, -0.1) is 0 Å². The number of hydrogen-bond donors (Lipinski definition) is 1. The summed E-state index contributed by atoms with van der Waals surface area (Å²) in [6.07, 6.45) is 4.73. The molecule has 2 aliphatic carbocycles. The van der Waals surface area contributed by atoms with Crippen LogP contribution in [0.3, 0.4) is 0 Å². The normalized spacial score (nSPS) is 23.4. The summed E-state index contributed by atoms with van der Waals surface area (Å²) in [5.41, 5.74) is 2.74. The number of ether oxygens (including phenoxy) is 1. The molecule has 0 amide bonds. The van der Waals surface area contributed by atoms with Crippen LogP contribution in [0, 0.1) is 5.92 Å². The maximum Gasteiger partial charge on any atom is 0.303 e. The Morgan fingerprint density at radius 2 is 2.04 bits per heavy atom. The molecule has 2 atom stereocenters. The van der Waals surface area contributed by atoms with E-state index in [1.807, 2.05) is 12.1 Å². The molecule has 0 aliphatic heterocycles. The van der Waals surface area contributed by atoms with E-state index in [1.54, 1.807) is 6.92 Å². The number of alkyl halides is 1. The Balaban J connectivity index is 1.78. The van der Waals surface area contributed by atoms with Crippen LogP contribution in [0.5, 0.6) is 0 Å². The van der Waals surface area contributed by atoms with Crippen LogP contribution in [0.25, 0.3) is 5.57 Å². The number of halogens is 2. The lowest BCUT2D eigenvalue weighted by atomic mass is 9.84. The minimum absolute atomic E-state index is 0.0114. The predicted molar refractivity (Wildman–Crippen MR) is 101 cm³/mol. The molecule has 0 aromatic heterocycles. The van der Waals surface area contributed by atoms with Crippen molar-refractivity contribution in [3.05, 3.63) is 53.1 Å². The molecule has 1 saturated carbocycles. The topological polar surface area (TPSA) is 46.5 Å². The third-order valence-corrected chi connectivity index (χ3v) is 5.54. The van der Waals surface area contributed by atoms with E-state index in [4.69, 9.17) is 9.84 Å². The summed E-state index contributed by atoms with van der Waals surface area (Å²) in [7, 11) is 0. The van der Waals surface area contributed by atoms with Crippen molar-refractivity contribution < 1.29 is 23.4 Å². The Hall–Kier alpha value is -2.17. The lowest BCUT2D eigenvalue weighted by Crippen LogP contribution is -2.23. The van der Waals surface area contributed by atoms with Gasteiger partial charge in [-0.05, 0) is 48.0 Å². The molecule has 2 aliphatic rings. The quantitative estimate of drug-likeness (QED) is 0.614. The minimum Gasteiger partial charge on any atom is -0.492 e. The van der Waals surface area contributed by atoms with Crippen molar-refractivity contribution in [2.75, 3.05) is 6.61 Å². The predicted octanol–water partition coefficient (Wildman–Crippen LogP) is 5.78. The zero-order valence-corrected chi connectivity index (χ0v) is 15.6. The summed E-state index contributed by atoms with van der Waals surface area (Å²) in [5, 5.41) is 8.63. The molecular weight excluding hydrogens is 350 g/mol. The van der Waals surface area contributed by atoms with Gasteiger partial charge in [0.05, 0.1) is 6.61 Å². The Morgan fingerprint density at radius 1 is 1.30 bits per heavy atom. The minimum atomic E-state index is -1.58. The van der Waals surface area contributed by atoms with Crippen LogP contribution in [0.15, 0.2) is 41.9 Å². The van der Waals surface area contributed by atoms with Crippen molar-refractivity contribution in [3.63, 3.8) is 0 Å². The largest absolute Gasteiger partial charge is 0.492 e. The van der Waals surface area contributed by atoms with Gasteiger partial charge < -0.3 is 9.84 Å². The second kappa shape index (κ2) is 8.68. The van der Waals surface area contributed by atoms with Gasteiger partial charge in [-0.3, -0.25) is 4.79 Å². The Morgan fingerprint density at radius 3 is 2.74 bits per heavy atom. The van der Waals surface area contributed by atoms with Crippen molar-refractivity contribution >= 4 is 11.5 Å². The molecule has 0 radical (unpaired) electrons. The molecule has 146 valence electrons. The summed E-state index contributed by atoms with van der Waals surface area (Å²) in [5.74, 6) is -1.97. The molecule has 1 fully saturated rings. The van der Waals surface area contributed by atoms with Gasteiger partial charge in [0.1, 0.15) is 0 Å². The number of benzene rings is 1. The molecule has 27 heavy (non-hydrogen) atoms. The van der Waals surface area contributed by atoms with Gasteiger partial charge in [-0.2, -0.15) is 0 Å². The van der Waals surface area contributed by atoms with Gasteiger partial charge >= 0.3 is 5.97 Å². The second-order valence-corrected chi connectivity index (χ2v) is 7.45. The number of rotatable bonds is 7. The molecule has 5 heteroatoms. The lowest BCUT2D eigenvalue weighted by molar-refractivity contribution is -0.137. The second-order valence-electron chi connectivity index (χ2n) is 7.45. The number of carbonyl (C=O) groups is 1. The number of aliphatic carboxylic acids is 1. The Kier molecular flexibility index (Phi) is 6.30. The molecule has 0 bridgehead atoms. The van der Waals surface area contributed by atoms with Crippen LogP contribution in [0.2, 0.25) is 0 Å². The summed E-state index contributed by atoms with van der Waals surface area (Å²) in [6, 6.07) is 8.03. The smallest absolute Gasteiger partial charge is 0.303 e. The van der Waals surface area contributed by atoms with Crippen molar-refractivity contribution in [2.24, 2.45) is 5.92 Å². The zero-order chi connectivity index (χ0) is 19.4. The number of carboxylic acid groups (broad SMARTS) is 1. The summed E-state index contributed by atoms with van der Waals surface area (Å²) in [4.78, 5) is 10.5. The first kappa shape index (κ1) is 19.6. The summed E-state index contributed by atoms with van der Waals surface area (Å²) in [6.45, 7) is 1.72. The molecule has 2 unspecified atom stereocenters. The molecular formula is C22H26F2O3. The fourth-order valence-electron chi connectivity index (χ4n) is 3.99. The highest BCUT2D eigenvalue weighted by Gasteiger charge is 2.33. The van der Waals surface area contributed by atoms with E-state index in [9.17, 15) is 13.6 Å². The van der Waals surface area contributed by atoms with Crippen molar-refractivity contribution in [3.8, 4) is 0 Å². The maximum absolute atomic E-state index is 14.8. The summed E-state index contributed by atoms with van der Waals surface area (Å²) < 4.78 is 34.6. The highest BCUT2D eigenvalue weighted by Crippen LogP contribution is 2.40. The van der Waals surface area contributed by atoms with E-state index in [0.717, 1.165) is 5.56 Å². The van der Waals surface area contributed by atoms with E-state index in [0.29, 0.717) is 11.5 Å². The highest BCUT2D eigenvalue weighted by molar-refractivity contribution is 5.72. The number of allylic oxidation sites excluding steroid dienone is 4. The third-order valence-electron chi connectivity index (χ3n) is 5.54. The van der Waals surface area contributed by atoms with Gasteiger partial charge in [0.2, 0.25) is 0 Å². The molecule has 1 aromatic rings. The first-order valence-electron chi connectivity index (χ1n) is 9.67. The maximum atomic E-state index is 14.8. The van der Waals surface area contributed by atoms with E-state index in [1.165, 1.54) is 37.3 Å². The number of carboxylic acids is 1.